The molecule has 2 atom stereocenters. The lowest BCUT2D eigenvalue weighted by Gasteiger charge is -2.40. The number of nitrogens with one attached hydrogen (secondary N) is 2. The van der Waals surface area contributed by atoms with Gasteiger partial charge < -0.3 is 30.5 Å². The number of hydrogen-bond acceptors (Lipinski definition) is 8. The van der Waals surface area contributed by atoms with E-state index < -0.39 is 18.0 Å². The lowest BCUT2D eigenvalue weighted by atomic mass is 9.89. The van der Waals surface area contributed by atoms with Crippen LogP contribution in [0.3, 0.4) is 0 Å². The quantitative estimate of drug-likeness (QED) is 0.154. The van der Waals surface area contributed by atoms with E-state index in [1.54, 1.807) is 35.7 Å². The fourth-order valence-corrected chi connectivity index (χ4v) is 6.66. The van der Waals surface area contributed by atoms with Crippen LogP contribution >= 0.6 is 11.3 Å². The van der Waals surface area contributed by atoms with Crippen LogP contribution in [-0.2, 0) is 27.3 Å². The number of carbonyl (C=O) groups excluding carboxylic acids is 4. The fourth-order valence-electron chi connectivity index (χ4n) is 6.03. The second-order valence-electron chi connectivity index (χ2n) is 11.6. The number of thiazole rings is 1. The van der Waals surface area contributed by atoms with Crippen molar-refractivity contribution < 1.29 is 23.9 Å². The first kappa shape index (κ1) is 32.6. The van der Waals surface area contributed by atoms with E-state index in [-0.39, 0.29) is 55.5 Å². The van der Waals surface area contributed by atoms with Gasteiger partial charge in [-0.25, -0.2) is 4.98 Å². The average Bonchev–Trinajstić information content (AvgIpc) is 3.61. The van der Waals surface area contributed by atoms with Gasteiger partial charge in [-0.2, -0.15) is 0 Å². The number of carbonyl (C=O) groups is 4. The number of benzene rings is 2. The highest BCUT2D eigenvalue weighted by Gasteiger charge is 2.41. The molecule has 242 valence electrons. The maximum absolute atomic E-state index is 13.9. The summed E-state index contributed by atoms with van der Waals surface area (Å²) in [5.41, 5.74) is 7.36. The number of nitrogens with two attached hydrogens (primary N) is 1. The SMILES string of the molecule is COc1ccc(C[C@H]2C(=O)N(Cc3ccccc3)CC(=O)N2CC(=O)NC(CC2CCN(C(=N)N)CC2)C(=O)c2nccs2)cc1. The van der Waals surface area contributed by atoms with Crippen molar-refractivity contribution in [2.45, 2.75) is 44.3 Å². The largest absolute Gasteiger partial charge is 0.497 e. The Morgan fingerprint density at radius 2 is 1.80 bits per heavy atom. The number of ketones is 1. The number of hydrogen-bond donors (Lipinski definition) is 3. The molecule has 1 unspecified atom stereocenters. The van der Waals surface area contributed by atoms with Gasteiger partial charge in [-0.3, -0.25) is 24.6 Å². The molecular formula is C33H39N7O5S. The topological polar surface area (TPSA) is 162 Å². The maximum atomic E-state index is 13.9. The predicted octanol–water partition coefficient (Wildman–Crippen LogP) is 2.30. The minimum atomic E-state index is -0.909. The van der Waals surface area contributed by atoms with Gasteiger partial charge in [0.15, 0.2) is 11.0 Å². The molecule has 0 radical (unpaired) electrons. The van der Waals surface area contributed by atoms with Crippen molar-refractivity contribution in [2.24, 2.45) is 11.7 Å². The summed E-state index contributed by atoms with van der Waals surface area (Å²) in [4.78, 5) is 63.4. The van der Waals surface area contributed by atoms with Gasteiger partial charge in [0.25, 0.3) is 0 Å². The Morgan fingerprint density at radius 3 is 2.43 bits per heavy atom. The monoisotopic (exact) mass is 645 g/mol. The Balaban J connectivity index is 1.33. The highest BCUT2D eigenvalue weighted by Crippen LogP contribution is 2.25. The molecule has 2 aromatic carbocycles. The minimum Gasteiger partial charge on any atom is -0.497 e. The van der Waals surface area contributed by atoms with Crippen molar-refractivity contribution in [3.8, 4) is 5.75 Å². The van der Waals surface area contributed by atoms with E-state index in [4.69, 9.17) is 15.9 Å². The normalized spacial score (nSPS) is 17.9. The van der Waals surface area contributed by atoms with E-state index in [2.05, 4.69) is 10.3 Å². The number of amides is 3. The number of methoxy groups -OCH3 is 1. The van der Waals surface area contributed by atoms with Crippen molar-refractivity contribution in [2.75, 3.05) is 33.3 Å². The van der Waals surface area contributed by atoms with Crippen molar-refractivity contribution in [1.82, 2.24) is 25.0 Å². The van der Waals surface area contributed by atoms with Crippen LogP contribution in [0.1, 0.15) is 40.2 Å². The van der Waals surface area contributed by atoms with E-state index in [1.807, 2.05) is 42.5 Å². The summed E-state index contributed by atoms with van der Waals surface area (Å²) in [7, 11) is 1.57. The zero-order valence-corrected chi connectivity index (χ0v) is 26.6. The molecule has 1 aromatic heterocycles. The fraction of sp³-hybridized carbons (Fsp3) is 0.394. The Hall–Kier alpha value is -4.78. The Morgan fingerprint density at radius 1 is 1.09 bits per heavy atom. The first-order valence-corrected chi connectivity index (χ1v) is 16.2. The number of guanidine groups is 1. The molecule has 2 fully saturated rings. The summed E-state index contributed by atoms with van der Waals surface area (Å²) in [6, 6.07) is 15.0. The summed E-state index contributed by atoms with van der Waals surface area (Å²) in [5.74, 6) is -0.592. The van der Waals surface area contributed by atoms with Gasteiger partial charge in [0.05, 0.1) is 13.2 Å². The number of piperidine rings is 1. The van der Waals surface area contributed by atoms with Gasteiger partial charge in [0, 0.05) is 37.6 Å². The second-order valence-corrected chi connectivity index (χ2v) is 12.5. The van der Waals surface area contributed by atoms with Crippen LogP contribution in [-0.4, -0.2) is 94.5 Å². The summed E-state index contributed by atoms with van der Waals surface area (Å²) in [5, 5.41) is 12.6. The number of piperazine rings is 1. The van der Waals surface area contributed by atoms with E-state index in [9.17, 15) is 19.2 Å². The molecule has 12 nitrogen and oxygen atoms in total. The molecule has 0 spiro atoms. The van der Waals surface area contributed by atoms with Gasteiger partial charge in [-0.05, 0) is 48.4 Å². The molecule has 13 heteroatoms. The van der Waals surface area contributed by atoms with Crippen molar-refractivity contribution in [3.05, 3.63) is 82.3 Å². The highest BCUT2D eigenvalue weighted by atomic mass is 32.1. The van der Waals surface area contributed by atoms with E-state index >= 15 is 0 Å². The highest BCUT2D eigenvalue weighted by molar-refractivity contribution is 7.11. The van der Waals surface area contributed by atoms with Gasteiger partial charge in [0.2, 0.25) is 23.5 Å². The molecule has 2 aliphatic heterocycles. The third kappa shape index (κ3) is 8.08. The van der Waals surface area contributed by atoms with Crippen molar-refractivity contribution >= 4 is 40.8 Å². The number of nitrogens with zero attached hydrogens (tertiary/aromatic N) is 4. The van der Waals surface area contributed by atoms with Gasteiger partial charge in [-0.1, -0.05) is 42.5 Å². The third-order valence-electron chi connectivity index (χ3n) is 8.56. The minimum absolute atomic E-state index is 0.0226. The summed E-state index contributed by atoms with van der Waals surface area (Å²) in [6.45, 7) is 0.953. The van der Waals surface area contributed by atoms with Crippen LogP contribution in [0.5, 0.6) is 5.75 Å². The zero-order chi connectivity index (χ0) is 32.6. The predicted molar refractivity (Wildman–Crippen MR) is 173 cm³/mol. The molecule has 0 aliphatic carbocycles. The van der Waals surface area contributed by atoms with Crippen molar-refractivity contribution in [1.29, 1.82) is 5.41 Å². The molecule has 0 saturated carbocycles. The van der Waals surface area contributed by atoms with E-state index in [1.165, 1.54) is 21.1 Å². The molecule has 3 heterocycles. The molecule has 4 N–H and O–H groups in total. The maximum Gasteiger partial charge on any atom is 0.246 e. The Kier molecular flexibility index (Phi) is 10.6. The number of likely N-dealkylation sites (tertiary alicyclic amines) is 1. The molecule has 2 aliphatic rings. The Labute approximate surface area is 272 Å². The lowest BCUT2D eigenvalue weighted by molar-refractivity contribution is -0.157. The first-order valence-electron chi connectivity index (χ1n) is 15.3. The second kappa shape index (κ2) is 15.0. The number of rotatable bonds is 12. The van der Waals surface area contributed by atoms with E-state index in [0.717, 1.165) is 24.0 Å². The molecule has 3 aromatic rings. The molecular weight excluding hydrogens is 606 g/mol. The van der Waals surface area contributed by atoms with Gasteiger partial charge in [-0.15, -0.1) is 11.3 Å². The smallest absolute Gasteiger partial charge is 0.246 e. The van der Waals surface area contributed by atoms with Gasteiger partial charge >= 0.3 is 0 Å². The molecule has 5 rings (SSSR count). The average molecular weight is 646 g/mol. The molecule has 2 saturated heterocycles. The number of Topliss-reactive ketones (excluding diaryl/α,β-unsaturated/α-hetero) is 1. The van der Waals surface area contributed by atoms with Crippen LogP contribution in [0.15, 0.2) is 66.2 Å². The summed E-state index contributed by atoms with van der Waals surface area (Å²) < 4.78 is 5.27. The summed E-state index contributed by atoms with van der Waals surface area (Å²) in [6.07, 6.45) is 3.59. The van der Waals surface area contributed by atoms with Crippen LogP contribution in [0.25, 0.3) is 0 Å². The number of aromatic nitrogens is 1. The van der Waals surface area contributed by atoms with Crippen LogP contribution in [0.4, 0.5) is 0 Å². The third-order valence-corrected chi connectivity index (χ3v) is 9.34. The molecule has 3 amide bonds. The van der Waals surface area contributed by atoms with Crippen LogP contribution in [0, 0.1) is 11.3 Å². The number of ether oxygens (including phenoxy) is 1. The van der Waals surface area contributed by atoms with Crippen LogP contribution in [0.2, 0.25) is 0 Å². The Bertz CT molecular complexity index is 1530. The summed E-state index contributed by atoms with van der Waals surface area (Å²) >= 11 is 1.21. The standard InChI is InChI=1S/C33H39N7O5S/c1-45-25-9-7-22(8-10-25)18-27-32(44)39(19-24-5-3-2-4-6-24)21-29(42)40(27)20-28(41)37-26(30(43)31-36-13-16-46-31)17-23-11-14-38(15-12-23)33(34)35/h2-10,13,16,23,26-27H,11-12,14-15,17-21H2,1H3,(H3,34,35)(H,37,41)/t26?,27-/m0/s1. The van der Waals surface area contributed by atoms with E-state index in [0.29, 0.717) is 30.3 Å². The zero-order valence-electron chi connectivity index (χ0n) is 25.8. The molecule has 46 heavy (non-hydrogen) atoms. The van der Waals surface area contributed by atoms with Gasteiger partial charge in [0.1, 0.15) is 24.9 Å². The first-order chi connectivity index (χ1) is 22.2. The lowest BCUT2D eigenvalue weighted by Crippen LogP contribution is -2.62. The van der Waals surface area contributed by atoms with Crippen LogP contribution < -0.4 is 15.8 Å². The van der Waals surface area contributed by atoms with Crippen molar-refractivity contribution in [3.63, 3.8) is 0 Å². The molecule has 0 bridgehead atoms.